The number of alkyl halides is 1. The molecule has 2 amide bonds. The number of aryl methyl sites for hydroxylation is 1. The maximum Gasteiger partial charge on any atom is 0.354 e. The van der Waals surface area contributed by atoms with Gasteiger partial charge in [-0.05, 0) is 48.4 Å². The standard InChI is InChI=1S/C19H22FN5O3S/c1-10-9-25-18(28-10)16(8-22-25)29(21,27)24-19(26)23-17-14-4-2-3-11(14)5-12-6-13(20)7-15(12)17/h5,8,10,13H,2-4,6-7,9H2,1H3,(H3,21,23,24,26,27)/t10-,13-,29?/m1/s1. The predicted octanol–water partition coefficient (Wildman–Crippen LogP) is 2.52. The lowest BCUT2D eigenvalue weighted by Crippen LogP contribution is -2.19. The number of benzene rings is 1. The summed E-state index contributed by atoms with van der Waals surface area (Å²) in [5, 5.41) is 12.8. The van der Waals surface area contributed by atoms with Gasteiger partial charge in [-0.2, -0.15) is 5.10 Å². The number of urea groups is 1. The highest BCUT2D eigenvalue weighted by Crippen LogP contribution is 2.39. The topological polar surface area (TPSA) is 112 Å². The number of nitrogens with two attached hydrogens (primary N) is 1. The zero-order valence-electron chi connectivity index (χ0n) is 16.0. The van der Waals surface area contributed by atoms with Gasteiger partial charge in [0.1, 0.15) is 17.2 Å². The number of ether oxygens (including phenoxy) is 1. The third-order valence-corrected chi connectivity index (χ3v) is 7.08. The van der Waals surface area contributed by atoms with Crippen LogP contribution in [0.4, 0.5) is 14.9 Å². The van der Waals surface area contributed by atoms with Crippen LogP contribution in [0, 0.1) is 0 Å². The lowest BCUT2D eigenvalue weighted by molar-refractivity contribution is 0.248. The van der Waals surface area contributed by atoms with Gasteiger partial charge in [-0.25, -0.2) is 23.2 Å². The highest BCUT2D eigenvalue weighted by atomic mass is 32.2. The Balaban J connectivity index is 1.49. The highest BCUT2D eigenvalue weighted by Gasteiger charge is 2.31. The number of carbonyl (C=O) groups excluding carboxylic acids is 1. The van der Waals surface area contributed by atoms with Gasteiger partial charge >= 0.3 is 6.03 Å². The normalized spacial score (nSPS) is 23.7. The lowest BCUT2D eigenvalue weighted by Gasteiger charge is -2.15. The van der Waals surface area contributed by atoms with E-state index in [9.17, 15) is 13.4 Å². The molecule has 2 aliphatic carbocycles. The summed E-state index contributed by atoms with van der Waals surface area (Å²) in [4.78, 5) is 12.8. The van der Waals surface area contributed by atoms with Crippen molar-refractivity contribution in [1.29, 1.82) is 0 Å². The quantitative estimate of drug-likeness (QED) is 0.779. The minimum absolute atomic E-state index is 0.101. The van der Waals surface area contributed by atoms with Crippen molar-refractivity contribution in [2.24, 2.45) is 9.50 Å². The van der Waals surface area contributed by atoms with Crippen LogP contribution in [0.2, 0.25) is 0 Å². The Labute approximate surface area is 167 Å². The van der Waals surface area contributed by atoms with Gasteiger partial charge in [0.05, 0.1) is 12.7 Å². The van der Waals surface area contributed by atoms with Gasteiger partial charge in [0.2, 0.25) is 5.88 Å². The number of hydrogen-bond donors (Lipinski definition) is 2. The largest absolute Gasteiger partial charge is 0.472 e. The molecule has 29 heavy (non-hydrogen) atoms. The van der Waals surface area contributed by atoms with E-state index in [-0.39, 0.29) is 23.3 Å². The van der Waals surface area contributed by atoms with Crippen molar-refractivity contribution in [2.75, 3.05) is 5.32 Å². The van der Waals surface area contributed by atoms with Gasteiger partial charge < -0.3 is 10.1 Å². The van der Waals surface area contributed by atoms with Gasteiger partial charge in [-0.15, -0.1) is 4.36 Å². The molecule has 0 saturated heterocycles. The summed E-state index contributed by atoms with van der Waals surface area (Å²) in [5.74, 6) is 0.281. The zero-order chi connectivity index (χ0) is 20.3. The van der Waals surface area contributed by atoms with E-state index >= 15 is 0 Å². The van der Waals surface area contributed by atoms with Gasteiger partial charge in [0.15, 0.2) is 9.92 Å². The number of rotatable bonds is 2. The fourth-order valence-electron chi connectivity index (χ4n) is 4.53. The minimum Gasteiger partial charge on any atom is -0.472 e. The second-order valence-corrected chi connectivity index (χ2v) is 9.66. The minimum atomic E-state index is -3.54. The molecule has 0 spiro atoms. The summed E-state index contributed by atoms with van der Waals surface area (Å²) in [6, 6.07) is 1.25. The smallest absolute Gasteiger partial charge is 0.354 e. The van der Waals surface area contributed by atoms with Gasteiger partial charge in [-0.1, -0.05) is 6.07 Å². The van der Waals surface area contributed by atoms with Crippen molar-refractivity contribution in [3.05, 3.63) is 34.5 Å². The molecule has 8 nitrogen and oxygen atoms in total. The number of anilines is 1. The van der Waals surface area contributed by atoms with E-state index in [4.69, 9.17) is 9.88 Å². The molecule has 0 bridgehead atoms. The predicted molar refractivity (Wildman–Crippen MR) is 105 cm³/mol. The first-order chi connectivity index (χ1) is 13.8. The van der Waals surface area contributed by atoms with Crippen LogP contribution in [0.1, 0.15) is 35.6 Å². The van der Waals surface area contributed by atoms with Crippen LogP contribution in [0.15, 0.2) is 21.5 Å². The molecule has 10 heteroatoms. The molecule has 0 saturated carbocycles. The SMILES string of the molecule is C[C@@H]1Cn2ncc(S(N)(=O)=NC(=O)Nc3c4c(cc5c3C[C@H](F)C5)CCC4)c2O1. The van der Waals surface area contributed by atoms with Crippen LogP contribution in [-0.4, -0.2) is 32.3 Å². The average Bonchev–Trinajstić information content (AvgIpc) is 3.36. The van der Waals surface area contributed by atoms with Crippen molar-refractivity contribution in [3.63, 3.8) is 0 Å². The summed E-state index contributed by atoms with van der Waals surface area (Å²) in [6.45, 7) is 2.37. The Kier molecular flexibility index (Phi) is 4.18. The molecule has 0 fully saturated rings. The van der Waals surface area contributed by atoms with Crippen LogP contribution in [-0.2, 0) is 42.1 Å². The van der Waals surface area contributed by atoms with Crippen molar-refractivity contribution >= 4 is 21.6 Å². The molecule has 154 valence electrons. The van der Waals surface area contributed by atoms with E-state index < -0.39 is 22.1 Å². The molecule has 3 N–H and O–H groups in total. The van der Waals surface area contributed by atoms with E-state index in [2.05, 4.69) is 20.8 Å². The van der Waals surface area contributed by atoms with Gasteiger partial charge in [0, 0.05) is 18.5 Å². The van der Waals surface area contributed by atoms with Crippen molar-refractivity contribution < 1.29 is 18.1 Å². The third kappa shape index (κ3) is 3.10. The Hall–Kier alpha value is -2.46. The first kappa shape index (κ1) is 18.6. The number of carbonyl (C=O) groups is 1. The molecule has 2 aromatic rings. The second-order valence-electron chi connectivity index (χ2n) is 7.90. The van der Waals surface area contributed by atoms with Crippen molar-refractivity contribution in [2.45, 2.75) is 62.7 Å². The summed E-state index contributed by atoms with van der Waals surface area (Å²) in [7, 11) is -3.54. The molecule has 0 radical (unpaired) electrons. The number of nitrogens with one attached hydrogen (secondary N) is 1. The van der Waals surface area contributed by atoms with E-state index in [0.717, 1.165) is 41.5 Å². The van der Waals surface area contributed by atoms with Gasteiger partial charge in [-0.3, -0.25) is 0 Å². The molecular formula is C19H22FN5O3S. The molecular weight excluding hydrogens is 397 g/mol. The second kappa shape index (κ2) is 6.53. The van der Waals surface area contributed by atoms with Gasteiger partial charge in [0.25, 0.3) is 0 Å². The molecule has 1 aromatic carbocycles. The number of hydrogen-bond acceptors (Lipinski definition) is 4. The van der Waals surface area contributed by atoms with Crippen LogP contribution in [0.5, 0.6) is 5.88 Å². The van der Waals surface area contributed by atoms with Crippen LogP contribution in [0.25, 0.3) is 0 Å². The Morgan fingerprint density at radius 3 is 3.03 bits per heavy atom. The lowest BCUT2D eigenvalue weighted by atomic mass is 9.99. The number of halogens is 1. The number of aromatic nitrogens is 2. The first-order valence-corrected chi connectivity index (χ1v) is 11.3. The average molecular weight is 419 g/mol. The fraction of sp³-hybridized carbons (Fsp3) is 0.474. The molecule has 1 unspecified atom stereocenters. The Bertz CT molecular complexity index is 1150. The van der Waals surface area contributed by atoms with E-state index in [1.165, 1.54) is 6.20 Å². The fourth-order valence-corrected chi connectivity index (χ4v) is 5.52. The van der Waals surface area contributed by atoms with E-state index in [1.807, 2.05) is 6.92 Å². The molecule has 1 aromatic heterocycles. The Morgan fingerprint density at radius 1 is 1.38 bits per heavy atom. The number of nitrogens with zero attached hydrogens (tertiary/aromatic N) is 3. The molecule has 1 aliphatic heterocycles. The van der Waals surface area contributed by atoms with E-state index in [0.29, 0.717) is 18.7 Å². The summed E-state index contributed by atoms with van der Waals surface area (Å²) in [6.07, 6.45) is 3.58. The number of amides is 2. The maximum absolute atomic E-state index is 14.0. The molecule has 3 atom stereocenters. The third-order valence-electron chi connectivity index (χ3n) is 5.74. The zero-order valence-corrected chi connectivity index (χ0v) is 16.8. The summed E-state index contributed by atoms with van der Waals surface area (Å²) in [5.41, 5.74) is 4.52. The Morgan fingerprint density at radius 2 is 2.21 bits per heavy atom. The maximum atomic E-state index is 14.0. The highest BCUT2D eigenvalue weighted by molar-refractivity contribution is 7.91. The molecule has 3 aliphatic rings. The monoisotopic (exact) mass is 419 g/mol. The molecule has 2 heterocycles. The van der Waals surface area contributed by atoms with Crippen LogP contribution < -0.4 is 15.2 Å². The van der Waals surface area contributed by atoms with E-state index in [1.54, 1.807) is 4.68 Å². The summed E-state index contributed by atoms with van der Waals surface area (Å²) >= 11 is 0. The van der Waals surface area contributed by atoms with Crippen LogP contribution >= 0.6 is 0 Å². The van der Waals surface area contributed by atoms with Crippen molar-refractivity contribution in [1.82, 2.24) is 9.78 Å². The molecule has 5 rings (SSSR count). The first-order valence-electron chi connectivity index (χ1n) is 9.71. The summed E-state index contributed by atoms with van der Waals surface area (Å²) < 4.78 is 37.9. The van der Waals surface area contributed by atoms with Crippen molar-refractivity contribution in [3.8, 4) is 5.88 Å². The number of fused-ring (bicyclic) bond motifs is 3. The van der Waals surface area contributed by atoms with Crippen LogP contribution in [0.3, 0.4) is 0 Å².